The number of carbonyl (C=O) groups excluding carboxylic acids is 1. The number of amides is 1. The predicted molar refractivity (Wildman–Crippen MR) is 83.4 cm³/mol. The molecule has 1 amide bonds. The predicted octanol–water partition coefficient (Wildman–Crippen LogP) is 3.84. The van der Waals surface area contributed by atoms with Crippen molar-refractivity contribution in [1.82, 2.24) is 0 Å². The molecule has 0 aliphatic carbocycles. The average molecular weight is 310 g/mol. The molecule has 0 unspecified atom stereocenters. The maximum absolute atomic E-state index is 12.3. The van der Waals surface area contributed by atoms with Crippen molar-refractivity contribution < 1.29 is 4.79 Å². The summed E-state index contributed by atoms with van der Waals surface area (Å²) in [5, 5.41) is 3.62. The summed E-state index contributed by atoms with van der Waals surface area (Å²) in [6.07, 6.45) is 0. The molecule has 0 aliphatic heterocycles. The van der Waals surface area contributed by atoms with Gasteiger partial charge in [0.25, 0.3) is 5.91 Å². The monoisotopic (exact) mass is 309 g/mol. The number of anilines is 2. The van der Waals surface area contributed by atoms with Crippen molar-refractivity contribution in [2.45, 2.75) is 6.92 Å². The zero-order valence-corrected chi connectivity index (χ0v) is 12.2. The van der Waals surface area contributed by atoms with E-state index in [1.165, 1.54) is 0 Å². The fraction of sp³-hybridized carbons (Fsp3) is 0.0714. The Kier molecular flexibility index (Phi) is 4.49. The Balaban J connectivity index is 2.32. The van der Waals surface area contributed by atoms with Crippen molar-refractivity contribution in [2.24, 2.45) is 5.84 Å². The Labute approximate surface area is 126 Å². The Morgan fingerprint density at radius 3 is 2.55 bits per heavy atom. The summed E-state index contributed by atoms with van der Waals surface area (Å²) < 4.78 is 0. The molecular weight excluding hydrogens is 297 g/mol. The third kappa shape index (κ3) is 3.22. The van der Waals surface area contributed by atoms with Crippen LogP contribution in [-0.2, 0) is 0 Å². The van der Waals surface area contributed by atoms with E-state index in [2.05, 4.69) is 10.7 Å². The number of hydrogen-bond donors (Lipinski definition) is 3. The van der Waals surface area contributed by atoms with Gasteiger partial charge in [0.15, 0.2) is 0 Å². The highest BCUT2D eigenvalue weighted by Gasteiger charge is 2.13. The van der Waals surface area contributed by atoms with E-state index >= 15 is 0 Å². The van der Waals surface area contributed by atoms with Crippen molar-refractivity contribution in [3.8, 4) is 0 Å². The second kappa shape index (κ2) is 6.13. The topological polar surface area (TPSA) is 67.1 Å². The van der Waals surface area contributed by atoms with Gasteiger partial charge in [-0.1, -0.05) is 34.8 Å². The second-order valence-electron chi connectivity index (χ2n) is 4.27. The van der Waals surface area contributed by atoms with Crippen LogP contribution in [0.15, 0.2) is 36.4 Å². The van der Waals surface area contributed by atoms with Crippen molar-refractivity contribution in [3.05, 3.63) is 57.6 Å². The Morgan fingerprint density at radius 1 is 1.10 bits per heavy atom. The molecule has 0 radical (unpaired) electrons. The molecule has 4 N–H and O–H groups in total. The minimum absolute atomic E-state index is 0.314. The molecule has 0 aliphatic rings. The zero-order chi connectivity index (χ0) is 14.7. The van der Waals surface area contributed by atoms with Crippen LogP contribution >= 0.6 is 23.2 Å². The van der Waals surface area contributed by atoms with Crippen molar-refractivity contribution >= 4 is 40.5 Å². The summed E-state index contributed by atoms with van der Waals surface area (Å²) in [4.78, 5) is 12.3. The van der Waals surface area contributed by atoms with Gasteiger partial charge in [0.05, 0.1) is 22.0 Å². The molecule has 4 nitrogen and oxygen atoms in total. The summed E-state index contributed by atoms with van der Waals surface area (Å²) in [6, 6.07) is 10.2. The third-order valence-corrected chi connectivity index (χ3v) is 3.32. The highest BCUT2D eigenvalue weighted by atomic mass is 35.5. The number of hydrazine groups is 1. The smallest absolute Gasteiger partial charge is 0.257 e. The van der Waals surface area contributed by atoms with Crippen LogP contribution < -0.4 is 16.6 Å². The largest absolute Gasteiger partial charge is 0.323 e. The van der Waals surface area contributed by atoms with Crippen LogP contribution in [0.25, 0.3) is 0 Å². The number of halogens is 2. The molecule has 2 aromatic carbocycles. The van der Waals surface area contributed by atoms with Crippen LogP contribution in [0.3, 0.4) is 0 Å². The molecular formula is C14H13Cl2N3O. The standard InChI is InChI=1S/C14H13Cl2N3O/c1-8-2-5-12(19-17)10(6-8)14(20)18-13-7-9(15)3-4-11(13)16/h2-7,19H,17H2,1H3,(H,18,20). The van der Waals surface area contributed by atoms with E-state index in [4.69, 9.17) is 29.0 Å². The Morgan fingerprint density at radius 2 is 1.85 bits per heavy atom. The highest BCUT2D eigenvalue weighted by molar-refractivity contribution is 6.36. The first-order chi connectivity index (χ1) is 9.51. The van der Waals surface area contributed by atoms with E-state index in [0.29, 0.717) is 27.0 Å². The average Bonchev–Trinajstić information content (AvgIpc) is 2.42. The van der Waals surface area contributed by atoms with E-state index in [0.717, 1.165) is 5.56 Å². The number of nitrogens with one attached hydrogen (secondary N) is 2. The molecule has 2 aromatic rings. The van der Waals surface area contributed by atoms with Crippen molar-refractivity contribution in [2.75, 3.05) is 10.7 Å². The molecule has 6 heteroatoms. The van der Waals surface area contributed by atoms with Gasteiger partial charge in [-0.05, 0) is 37.3 Å². The molecule has 0 bridgehead atoms. The van der Waals surface area contributed by atoms with E-state index in [1.54, 1.807) is 30.3 Å². The summed E-state index contributed by atoms with van der Waals surface area (Å²) in [6.45, 7) is 1.89. The highest BCUT2D eigenvalue weighted by Crippen LogP contribution is 2.27. The number of carbonyl (C=O) groups is 1. The van der Waals surface area contributed by atoms with Gasteiger partial charge in [-0.3, -0.25) is 10.6 Å². The molecule has 104 valence electrons. The Bertz CT molecular complexity index is 659. The molecule has 0 aromatic heterocycles. The third-order valence-electron chi connectivity index (χ3n) is 2.75. The molecule has 0 atom stereocenters. The molecule has 0 heterocycles. The van der Waals surface area contributed by atoms with E-state index < -0.39 is 0 Å². The summed E-state index contributed by atoms with van der Waals surface area (Å²) in [5.41, 5.74) is 4.87. The first kappa shape index (κ1) is 14.7. The van der Waals surface area contributed by atoms with Gasteiger partial charge in [0.1, 0.15) is 0 Å². The van der Waals surface area contributed by atoms with Gasteiger partial charge in [-0.25, -0.2) is 0 Å². The van der Waals surface area contributed by atoms with Crippen LogP contribution in [0, 0.1) is 6.92 Å². The Hall–Kier alpha value is -1.75. The quantitative estimate of drug-likeness (QED) is 0.596. The van der Waals surface area contributed by atoms with Gasteiger partial charge in [-0.15, -0.1) is 0 Å². The maximum atomic E-state index is 12.3. The maximum Gasteiger partial charge on any atom is 0.257 e. The fourth-order valence-electron chi connectivity index (χ4n) is 1.75. The van der Waals surface area contributed by atoms with Gasteiger partial charge < -0.3 is 10.7 Å². The first-order valence-electron chi connectivity index (χ1n) is 5.85. The number of nitrogen functional groups attached to an aromatic ring is 1. The normalized spacial score (nSPS) is 10.2. The molecule has 2 rings (SSSR count). The second-order valence-corrected chi connectivity index (χ2v) is 5.12. The minimum Gasteiger partial charge on any atom is -0.323 e. The van der Waals surface area contributed by atoms with Crippen LogP contribution in [0.2, 0.25) is 10.0 Å². The molecule has 0 fully saturated rings. The molecule has 20 heavy (non-hydrogen) atoms. The number of nitrogens with two attached hydrogens (primary N) is 1. The van der Waals surface area contributed by atoms with Gasteiger partial charge in [0.2, 0.25) is 0 Å². The number of rotatable bonds is 3. The number of aryl methyl sites for hydroxylation is 1. The van der Waals surface area contributed by atoms with Gasteiger partial charge in [-0.2, -0.15) is 0 Å². The van der Waals surface area contributed by atoms with E-state index in [9.17, 15) is 4.79 Å². The lowest BCUT2D eigenvalue weighted by Crippen LogP contribution is -2.17. The van der Waals surface area contributed by atoms with Crippen LogP contribution in [-0.4, -0.2) is 5.91 Å². The van der Waals surface area contributed by atoms with E-state index in [-0.39, 0.29) is 5.91 Å². The lowest BCUT2D eigenvalue weighted by Gasteiger charge is -2.11. The fourth-order valence-corrected chi connectivity index (χ4v) is 2.09. The van der Waals surface area contributed by atoms with Crippen LogP contribution in [0.4, 0.5) is 11.4 Å². The summed E-state index contributed by atoms with van der Waals surface area (Å²) >= 11 is 11.9. The lowest BCUT2D eigenvalue weighted by molar-refractivity contribution is 0.102. The first-order valence-corrected chi connectivity index (χ1v) is 6.60. The molecule has 0 spiro atoms. The molecule has 0 saturated heterocycles. The van der Waals surface area contributed by atoms with Gasteiger partial charge in [0, 0.05) is 5.02 Å². The van der Waals surface area contributed by atoms with Crippen molar-refractivity contribution in [3.63, 3.8) is 0 Å². The van der Waals surface area contributed by atoms with Gasteiger partial charge >= 0.3 is 0 Å². The number of hydrogen-bond acceptors (Lipinski definition) is 3. The number of benzene rings is 2. The lowest BCUT2D eigenvalue weighted by atomic mass is 10.1. The zero-order valence-electron chi connectivity index (χ0n) is 10.7. The van der Waals surface area contributed by atoms with Crippen LogP contribution in [0.1, 0.15) is 15.9 Å². The molecule has 0 saturated carbocycles. The van der Waals surface area contributed by atoms with Crippen LogP contribution in [0.5, 0.6) is 0 Å². The summed E-state index contributed by atoms with van der Waals surface area (Å²) in [7, 11) is 0. The minimum atomic E-state index is -0.314. The SMILES string of the molecule is Cc1ccc(NN)c(C(=O)Nc2cc(Cl)ccc2Cl)c1. The van der Waals surface area contributed by atoms with Crippen molar-refractivity contribution in [1.29, 1.82) is 0 Å². The van der Waals surface area contributed by atoms with E-state index in [1.807, 2.05) is 13.0 Å². The summed E-state index contributed by atoms with van der Waals surface area (Å²) in [5.74, 6) is 5.09.